The summed E-state index contributed by atoms with van der Waals surface area (Å²) < 4.78 is 4.10. The Hall–Kier alpha value is -1.60. The molecule has 0 saturated heterocycles. The second-order valence-corrected chi connectivity index (χ2v) is 5.70. The van der Waals surface area contributed by atoms with E-state index in [1.54, 1.807) is 18.4 Å². The number of carbonyl (C=O) groups is 1. The highest BCUT2D eigenvalue weighted by Crippen LogP contribution is 2.31. The van der Waals surface area contributed by atoms with Gasteiger partial charge in [0.15, 0.2) is 5.82 Å². The molecule has 0 aliphatic rings. The average molecular weight is 296 g/mol. The fourth-order valence-electron chi connectivity index (χ4n) is 1.77. The van der Waals surface area contributed by atoms with Crippen LogP contribution in [0.25, 0.3) is 0 Å². The summed E-state index contributed by atoms with van der Waals surface area (Å²) in [7, 11) is 1.60. The van der Waals surface area contributed by atoms with Crippen molar-refractivity contribution >= 4 is 39.6 Å². The lowest BCUT2D eigenvalue weighted by Gasteiger charge is -2.21. The van der Waals surface area contributed by atoms with E-state index in [0.29, 0.717) is 11.4 Å². The van der Waals surface area contributed by atoms with E-state index in [1.165, 1.54) is 16.4 Å². The van der Waals surface area contributed by atoms with E-state index in [2.05, 4.69) is 27.6 Å². The lowest BCUT2D eigenvalue weighted by atomic mass is 10.2. The van der Waals surface area contributed by atoms with Crippen molar-refractivity contribution in [1.82, 2.24) is 9.69 Å². The maximum atomic E-state index is 11.9. The molecular weight excluding hydrogens is 280 g/mol. The summed E-state index contributed by atoms with van der Waals surface area (Å²) in [5, 5.41) is 5.48. The Morgan fingerprint density at radius 1 is 1.58 bits per heavy atom. The maximum absolute atomic E-state index is 11.9. The Labute approximate surface area is 120 Å². The van der Waals surface area contributed by atoms with Crippen LogP contribution in [0.15, 0.2) is 17.5 Å². The Kier molecular flexibility index (Phi) is 4.39. The molecule has 2 heterocycles. The molecule has 2 aromatic rings. The molecule has 0 fully saturated rings. The van der Waals surface area contributed by atoms with Gasteiger partial charge in [-0.25, -0.2) is 0 Å². The molecule has 0 radical (unpaired) electrons. The second kappa shape index (κ2) is 6.03. The summed E-state index contributed by atoms with van der Waals surface area (Å²) in [6, 6.07) is 4.10. The van der Waals surface area contributed by atoms with E-state index < -0.39 is 0 Å². The van der Waals surface area contributed by atoms with Gasteiger partial charge in [0.25, 0.3) is 5.91 Å². The minimum Gasteiger partial charge on any atom is -0.382 e. The molecule has 0 unspecified atom stereocenters. The highest BCUT2D eigenvalue weighted by atomic mass is 32.1. The minimum atomic E-state index is -0.189. The van der Waals surface area contributed by atoms with E-state index in [-0.39, 0.29) is 5.91 Å². The van der Waals surface area contributed by atoms with Gasteiger partial charge < -0.3 is 16.0 Å². The summed E-state index contributed by atoms with van der Waals surface area (Å²) in [4.78, 5) is 15.3. The Bertz CT molecular complexity index is 550. The number of hydrogen-bond donors (Lipinski definition) is 2. The normalized spacial score (nSPS) is 10.4. The largest absolute Gasteiger partial charge is 0.382 e. The lowest BCUT2D eigenvalue weighted by Crippen LogP contribution is -2.26. The van der Waals surface area contributed by atoms with Crippen molar-refractivity contribution in [3.8, 4) is 0 Å². The number of carbonyl (C=O) groups excluding carboxylic acids is 1. The smallest absolute Gasteiger partial charge is 0.257 e. The molecule has 2 aromatic heterocycles. The summed E-state index contributed by atoms with van der Waals surface area (Å²) >= 11 is 2.97. The number of thiophene rings is 1. The van der Waals surface area contributed by atoms with Crippen molar-refractivity contribution in [2.24, 2.45) is 0 Å². The Balaban J connectivity index is 2.30. The van der Waals surface area contributed by atoms with E-state index >= 15 is 0 Å². The monoisotopic (exact) mass is 296 g/mol. The zero-order chi connectivity index (χ0) is 13.8. The van der Waals surface area contributed by atoms with Gasteiger partial charge in [-0.1, -0.05) is 6.07 Å². The SMILES string of the molecule is CCN(Cc1cccs1)c1snc(N)c1C(=O)NC. The lowest BCUT2D eigenvalue weighted by molar-refractivity contribution is 0.0964. The first-order valence-electron chi connectivity index (χ1n) is 5.91. The van der Waals surface area contributed by atoms with Gasteiger partial charge in [-0.05, 0) is 29.9 Å². The van der Waals surface area contributed by atoms with Gasteiger partial charge in [0.05, 0.1) is 6.54 Å². The highest BCUT2D eigenvalue weighted by molar-refractivity contribution is 7.11. The van der Waals surface area contributed by atoms with Crippen molar-refractivity contribution < 1.29 is 4.79 Å². The fourth-order valence-corrected chi connectivity index (χ4v) is 3.36. The number of aromatic nitrogens is 1. The molecule has 1 amide bonds. The predicted octanol–water partition coefficient (Wildman–Crippen LogP) is 2.17. The van der Waals surface area contributed by atoms with Crippen molar-refractivity contribution in [2.45, 2.75) is 13.5 Å². The molecule has 0 aliphatic carbocycles. The van der Waals surface area contributed by atoms with E-state index in [9.17, 15) is 4.79 Å². The highest BCUT2D eigenvalue weighted by Gasteiger charge is 2.22. The van der Waals surface area contributed by atoms with Crippen LogP contribution in [0.2, 0.25) is 0 Å². The molecular formula is C12H16N4OS2. The average Bonchev–Trinajstić information content (AvgIpc) is 3.04. The molecule has 0 saturated carbocycles. The number of nitrogens with two attached hydrogens (primary N) is 1. The van der Waals surface area contributed by atoms with Gasteiger partial charge in [0.1, 0.15) is 10.6 Å². The van der Waals surface area contributed by atoms with E-state index in [1.807, 2.05) is 11.4 Å². The quantitative estimate of drug-likeness (QED) is 0.887. The fraction of sp³-hybridized carbons (Fsp3) is 0.333. The van der Waals surface area contributed by atoms with Crippen LogP contribution in [0.5, 0.6) is 0 Å². The molecule has 7 heteroatoms. The van der Waals surface area contributed by atoms with Crippen LogP contribution < -0.4 is 16.0 Å². The van der Waals surface area contributed by atoms with Gasteiger partial charge in [-0.3, -0.25) is 4.79 Å². The first-order chi connectivity index (χ1) is 9.17. The number of hydrogen-bond acceptors (Lipinski definition) is 6. The molecule has 0 bridgehead atoms. The molecule has 0 aromatic carbocycles. The molecule has 19 heavy (non-hydrogen) atoms. The summed E-state index contributed by atoms with van der Waals surface area (Å²) in [5.74, 6) is 0.106. The number of rotatable bonds is 5. The molecule has 0 spiro atoms. The summed E-state index contributed by atoms with van der Waals surface area (Å²) in [6.07, 6.45) is 0. The van der Waals surface area contributed by atoms with Crippen LogP contribution in [-0.4, -0.2) is 23.9 Å². The van der Waals surface area contributed by atoms with Gasteiger partial charge >= 0.3 is 0 Å². The maximum Gasteiger partial charge on any atom is 0.257 e. The molecule has 102 valence electrons. The summed E-state index contributed by atoms with van der Waals surface area (Å²) in [5.41, 5.74) is 6.28. The van der Waals surface area contributed by atoms with Crippen LogP contribution in [0.3, 0.4) is 0 Å². The topological polar surface area (TPSA) is 71.2 Å². The zero-order valence-corrected chi connectivity index (χ0v) is 12.5. The van der Waals surface area contributed by atoms with Crippen molar-refractivity contribution in [2.75, 3.05) is 24.2 Å². The van der Waals surface area contributed by atoms with Crippen LogP contribution in [0.4, 0.5) is 10.8 Å². The third-order valence-corrected chi connectivity index (χ3v) is 4.53. The second-order valence-electron chi connectivity index (χ2n) is 3.92. The molecule has 5 nitrogen and oxygen atoms in total. The zero-order valence-electron chi connectivity index (χ0n) is 10.8. The molecule has 0 aliphatic heterocycles. The van der Waals surface area contributed by atoms with E-state index in [4.69, 9.17) is 5.73 Å². The van der Waals surface area contributed by atoms with E-state index in [0.717, 1.165) is 18.1 Å². The third-order valence-electron chi connectivity index (χ3n) is 2.75. The van der Waals surface area contributed by atoms with Gasteiger partial charge in [-0.15, -0.1) is 11.3 Å². The van der Waals surface area contributed by atoms with Crippen LogP contribution in [0, 0.1) is 0 Å². The minimum absolute atomic E-state index is 0.189. The van der Waals surface area contributed by atoms with Gasteiger partial charge in [0, 0.05) is 18.5 Å². The molecule has 2 rings (SSSR count). The van der Waals surface area contributed by atoms with Gasteiger partial charge in [0.2, 0.25) is 0 Å². The Morgan fingerprint density at radius 2 is 2.37 bits per heavy atom. The van der Waals surface area contributed by atoms with Crippen molar-refractivity contribution in [3.63, 3.8) is 0 Å². The van der Waals surface area contributed by atoms with Gasteiger partial charge in [-0.2, -0.15) is 4.37 Å². The number of nitrogen functional groups attached to an aromatic ring is 1. The predicted molar refractivity (Wildman–Crippen MR) is 81.0 cm³/mol. The van der Waals surface area contributed by atoms with Crippen molar-refractivity contribution in [1.29, 1.82) is 0 Å². The first-order valence-corrected chi connectivity index (χ1v) is 7.57. The first kappa shape index (κ1) is 13.8. The molecule has 3 N–H and O–H groups in total. The number of nitrogens with zero attached hydrogens (tertiary/aromatic N) is 2. The number of anilines is 2. The number of nitrogens with one attached hydrogen (secondary N) is 1. The van der Waals surface area contributed by atoms with Crippen LogP contribution >= 0.6 is 22.9 Å². The van der Waals surface area contributed by atoms with Crippen molar-refractivity contribution in [3.05, 3.63) is 28.0 Å². The standard InChI is InChI=1S/C12H16N4OS2/c1-3-16(7-8-5-4-6-18-8)12-9(11(17)14-2)10(13)15-19-12/h4-6H,3,7H2,1-2H3,(H2,13,15)(H,14,17). The van der Waals surface area contributed by atoms with Crippen LogP contribution in [-0.2, 0) is 6.54 Å². The summed E-state index contributed by atoms with van der Waals surface area (Å²) in [6.45, 7) is 3.61. The number of amides is 1. The molecule has 0 atom stereocenters. The Morgan fingerprint density at radius 3 is 2.95 bits per heavy atom. The van der Waals surface area contributed by atoms with Crippen LogP contribution in [0.1, 0.15) is 22.2 Å². The third kappa shape index (κ3) is 2.87.